The van der Waals surface area contributed by atoms with Crippen LogP contribution in [0.5, 0.6) is 11.5 Å². The average molecular weight is 523 g/mol. The molecule has 1 amide bonds. The van der Waals surface area contributed by atoms with Gasteiger partial charge in [-0.25, -0.2) is 9.97 Å². The molecule has 6 nitrogen and oxygen atoms in total. The van der Waals surface area contributed by atoms with Gasteiger partial charge < -0.3 is 15.8 Å². The van der Waals surface area contributed by atoms with E-state index in [9.17, 15) is 18.0 Å². The molecule has 0 radical (unpaired) electrons. The number of hydrogen-bond donors (Lipinski definition) is 2. The first-order valence-corrected chi connectivity index (χ1v) is 12.4. The molecule has 10 heteroatoms. The fourth-order valence-electron chi connectivity index (χ4n) is 4.16. The Labute approximate surface area is 215 Å². The number of benzene rings is 3. The predicted molar refractivity (Wildman–Crippen MR) is 137 cm³/mol. The van der Waals surface area contributed by atoms with Gasteiger partial charge in [0.15, 0.2) is 10.9 Å². The zero-order valence-electron chi connectivity index (χ0n) is 19.4. The van der Waals surface area contributed by atoms with Crippen LogP contribution in [0.15, 0.2) is 78.0 Å². The van der Waals surface area contributed by atoms with E-state index in [1.807, 2.05) is 30.3 Å². The van der Waals surface area contributed by atoms with Crippen LogP contribution in [0.4, 0.5) is 24.5 Å². The summed E-state index contributed by atoms with van der Waals surface area (Å²) in [4.78, 5) is 20.9. The summed E-state index contributed by atoms with van der Waals surface area (Å²) in [5, 5.41) is 2.59. The summed E-state index contributed by atoms with van der Waals surface area (Å²) in [5.41, 5.74) is 7.73. The average Bonchev–Trinajstić information content (AvgIpc) is 2.86. The number of halogens is 3. The molecule has 1 aliphatic rings. The predicted octanol–water partition coefficient (Wildman–Crippen LogP) is 6.37. The van der Waals surface area contributed by atoms with Gasteiger partial charge in [0.2, 0.25) is 5.91 Å². The summed E-state index contributed by atoms with van der Waals surface area (Å²) in [7, 11) is 0. The van der Waals surface area contributed by atoms with E-state index in [0.717, 1.165) is 17.3 Å². The molecule has 1 aromatic heterocycles. The van der Waals surface area contributed by atoms with Crippen molar-refractivity contribution in [1.82, 2.24) is 9.97 Å². The molecule has 37 heavy (non-hydrogen) atoms. The topological polar surface area (TPSA) is 90.1 Å². The van der Waals surface area contributed by atoms with Crippen LogP contribution in [0.3, 0.4) is 0 Å². The second-order valence-corrected chi connectivity index (χ2v) is 9.32. The standard InChI is InChI=1S/C27H21F3N4O2S/c28-27(29,30)25-22-11-10-16-6-4-5-9-21(16)24(22)33-26(34-25)37-15-23(35)32-18-12-17(31)13-20(14-18)36-19-7-2-1-3-8-19/h1-9,12-14H,10-11,15,31H2,(H,32,35). The third-order valence-corrected chi connectivity index (χ3v) is 6.54. The van der Waals surface area contributed by atoms with Crippen molar-refractivity contribution in [3.63, 3.8) is 0 Å². The Kier molecular flexibility index (Phi) is 6.75. The monoisotopic (exact) mass is 522 g/mol. The van der Waals surface area contributed by atoms with E-state index in [4.69, 9.17) is 10.5 Å². The van der Waals surface area contributed by atoms with E-state index in [1.165, 1.54) is 0 Å². The number of amides is 1. The van der Waals surface area contributed by atoms with Gasteiger partial charge in [-0.1, -0.05) is 54.2 Å². The Morgan fingerprint density at radius 2 is 1.73 bits per heavy atom. The molecule has 4 aromatic rings. The highest BCUT2D eigenvalue weighted by Gasteiger charge is 2.38. The van der Waals surface area contributed by atoms with Gasteiger partial charge in [-0.2, -0.15) is 13.2 Å². The molecule has 0 unspecified atom stereocenters. The molecule has 1 aliphatic carbocycles. The van der Waals surface area contributed by atoms with E-state index in [2.05, 4.69) is 15.3 Å². The molecule has 188 valence electrons. The lowest BCUT2D eigenvalue weighted by Crippen LogP contribution is -2.19. The highest BCUT2D eigenvalue weighted by atomic mass is 32.2. The maximum absolute atomic E-state index is 13.8. The number of aryl methyl sites for hydroxylation is 1. The van der Waals surface area contributed by atoms with Gasteiger partial charge in [0, 0.05) is 34.6 Å². The van der Waals surface area contributed by atoms with Crippen LogP contribution >= 0.6 is 11.8 Å². The zero-order valence-corrected chi connectivity index (χ0v) is 20.2. The maximum Gasteiger partial charge on any atom is 0.433 e. The quantitative estimate of drug-likeness (QED) is 0.174. The number of carbonyl (C=O) groups is 1. The Morgan fingerprint density at radius 3 is 2.51 bits per heavy atom. The summed E-state index contributed by atoms with van der Waals surface area (Å²) in [6.45, 7) is 0. The first-order chi connectivity index (χ1) is 17.8. The number of aromatic nitrogens is 2. The Bertz CT molecular complexity index is 1460. The first-order valence-electron chi connectivity index (χ1n) is 11.4. The van der Waals surface area contributed by atoms with Crippen LogP contribution in [-0.4, -0.2) is 21.6 Å². The van der Waals surface area contributed by atoms with Crippen molar-refractivity contribution in [2.45, 2.75) is 24.2 Å². The minimum absolute atomic E-state index is 0.0886. The summed E-state index contributed by atoms with van der Waals surface area (Å²) in [6.07, 6.45) is -3.94. The van der Waals surface area contributed by atoms with Crippen LogP contribution < -0.4 is 15.8 Å². The zero-order chi connectivity index (χ0) is 26.0. The lowest BCUT2D eigenvalue weighted by molar-refractivity contribution is -0.142. The first kappa shape index (κ1) is 24.6. The van der Waals surface area contributed by atoms with Crippen LogP contribution in [0.25, 0.3) is 11.3 Å². The highest BCUT2D eigenvalue weighted by Crippen LogP contribution is 2.40. The van der Waals surface area contributed by atoms with Crippen LogP contribution in [-0.2, 0) is 23.8 Å². The van der Waals surface area contributed by atoms with Crippen molar-refractivity contribution < 1.29 is 22.7 Å². The smallest absolute Gasteiger partial charge is 0.433 e. The van der Waals surface area contributed by atoms with Crippen molar-refractivity contribution in [3.05, 3.63) is 89.6 Å². The van der Waals surface area contributed by atoms with Crippen LogP contribution in [0.2, 0.25) is 0 Å². The van der Waals surface area contributed by atoms with Gasteiger partial charge in [-0.15, -0.1) is 0 Å². The van der Waals surface area contributed by atoms with Gasteiger partial charge in [-0.3, -0.25) is 4.79 Å². The summed E-state index contributed by atoms with van der Waals surface area (Å²) in [6, 6.07) is 21.1. The number of ether oxygens (including phenoxy) is 1. The molecule has 0 aliphatic heterocycles. The van der Waals surface area contributed by atoms with E-state index >= 15 is 0 Å². The van der Waals surface area contributed by atoms with E-state index in [-0.39, 0.29) is 28.6 Å². The molecule has 3 aromatic carbocycles. The number of nitrogens with zero attached hydrogens (tertiary/aromatic N) is 2. The molecule has 0 fully saturated rings. The number of anilines is 2. The van der Waals surface area contributed by atoms with Crippen molar-refractivity contribution in [2.24, 2.45) is 0 Å². The van der Waals surface area contributed by atoms with E-state index in [0.29, 0.717) is 34.9 Å². The molecule has 5 rings (SSSR count). The molecule has 3 N–H and O–H groups in total. The van der Waals surface area contributed by atoms with Crippen molar-refractivity contribution >= 4 is 29.0 Å². The SMILES string of the molecule is Nc1cc(NC(=O)CSc2nc3c(c(C(F)(F)F)n2)CCc2ccccc2-3)cc(Oc2ccccc2)c1. The fourth-order valence-corrected chi connectivity index (χ4v) is 4.80. The van der Waals surface area contributed by atoms with Gasteiger partial charge >= 0.3 is 6.18 Å². The molecule has 0 saturated heterocycles. The molecular formula is C27H21F3N4O2S. The number of nitrogens with one attached hydrogen (secondary N) is 1. The Balaban J connectivity index is 1.33. The molecule has 0 bridgehead atoms. The van der Waals surface area contributed by atoms with Crippen LogP contribution in [0.1, 0.15) is 16.8 Å². The summed E-state index contributed by atoms with van der Waals surface area (Å²) in [5.74, 6) is 0.395. The highest BCUT2D eigenvalue weighted by molar-refractivity contribution is 7.99. The number of thioether (sulfide) groups is 1. The third-order valence-electron chi connectivity index (χ3n) is 5.70. The number of fused-ring (bicyclic) bond motifs is 3. The Morgan fingerprint density at radius 1 is 0.973 bits per heavy atom. The normalized spacial score (nSPS) is 12.4. The van der Waals surface area contributed by atoms with Gasteiger partial charge in [0.25, 0.3) is 0 Å². The largest absolute Gasteiger partial charge is 0.457 e. The third kappa shape index (κ3) is 5.69. The molecule has 0 spiro atoms. The van der Waals surface area contributed by atoms with Crippen molar-refractivity contribution in [2.75, 3.05) is 16.8 Å². The van der Waals surface area contributed by atoms with Crippen molar-refractivity contribution in [1.29, 1.82) is 0 Å². The molecule has 0 saturated carbocycles. The minimum Gasteiger partial charge on any atom is -0.457 e. The number of nitrogen functional groups attached to an aromatic ring is 1. The number of hydrogen-bond acceptors (Lipinski definition) is 6. The van der Waals surface area contributed by atoms with E-state index < -0.39 is 17.8 Å². The second kappa shape index (κ2) is 10.1. The fraction of sp³-hybridized carbons (Fsp3) is 0.148. The maximum atomic E-state index is 13.8. The van der Waals surface area contributed by atoms with Crippen molar-refractivity contribution in [3.8, 4) is 22.8 Å². The lowest BCUT2D eigenvalue weighted by atomic mass is 9.88. The number of carbonyl (C=O) groups excluding carboxylic acids is 1. The molecule has 0 atom stereocenters. The Hall–Kier alpha value is -4.05. The van der Waals surface area contributed by atoms with Gasteiger partial charge in [0.1, 0.15) is 11.5 Å². The molecule has 1 heterocycles. The number of rotatable bonds is 6. The van der Waals surface area contributed by atoms with Gasteiger partial charge in [0.05, 0.1) is 11.4 Å². The summed E-state index contributed by atoms with van der Waals surface area (Å²) < 4.78 is 47.3. The van der Waals surface area contributed by atoms with Crippen LogP contribution in [0, 0.1) is 0 Å². The number of nitrogens with two attached hydrogens (primary N) is 1. The molecular weight excluding hydrogens is 501 g/mol. The number of para-hydroxylation sites is 1. The number of alkyl halides is 3. The van der Waals surface area contributed by atoms with E-state index in [1.54, 1.807) is 42.5 Å². The lowest BCUT2D eigenvalue weighted by Gasteiger charge is -2.22. The second-order valence-electron chi connectivity index (χ2n) is 8.38. The minimum atomic E-state index is -4.63. The summed E-state index contributed by atoms with van der Waals surface area (Å²) >= 11 is 0.840. The van der Waals surface area contributed by atoms with Gasteiger partial charge in [-0.05, 0) is 36.6 Å².